The maximum atomic E-state index is 13.7. The molecule has 0 aliphatic carbocycles. The molecule has 0 heterocycles. The topological polar surface area (TPSA) is 54.9 Å². The van der Waals surface area contributed by atoms with E-state index >= 15 is 0 Å². The standard InChI is InChI=1S/C20H26FN3O2.HI/c1-4-22-20(23-12-15-5-8-18(26-3)9-6-15)24-13-16-7-10-19(21)17(11-16)14-25-2;/h5-11H,4,12-14H2,1-3H3,(H2,22,23,24);1H. The van der Waals surface area contributed by atoms with Crippen LogP contribution in [0.2, 0.25) is 0 Å². The molecule has 0 saturated carbocycles. The Kier molecular flexibility index (Phi) is 10.7. The molecule has 5 nitrogen and oxygen atoms in total. The van der Waals surface area contributed by atoms with Crippen LogP contribution in [0.5, 0.6) is 5.75 Å². The zero-order valence-corrected chi connectivity index (χ0v) is 18.3. The molecular weight excluding hydrogens is 460 g/mol. The predicted octanol–water partition coefficient (Wildman–Crippen LogP) is 3.85. The zero-order chi connectivity index (χ0) is 18.8. The molecular formula is C20H27FIN3O2. The molecule has 2 N–H and O–H groups in total. The van der Waals surface area contributed by atoms with E-state index in [1.54, 1.807) is 26.4 Å². The van der Waals surface area contributed by atoms with Crippen molar-refractivity contribution in [2.24, 2.45) is 4.99 Å². The van der Waals surface area contributed by atoms with Gasteiger partial charge in [-0.2, -0.15) is 0 Å². The van der Waals surface area contributed by atoms with Gasteiger partial charge in [-0.3, -0.25) is 0 Å². The summed E-state index contributed by atoms with van der Waals surface area (Å²) in [6.07, 6.45) is 0. The Morgan fingerprint density at radius 3 is 2.37 bits per heavy atom. The molecule has 7 heteroatoms. The number of halogens is 2. The van der Waals surface area contributed by atoms with Gasteiger partial charge in [-0.15, -0.1) is 24.0 Å². The highest BCUT2D eigenvalue weighted by molar-refractivity contribution is 14.0. The molecule has 2 aromatic carbocycles. The number of hydrogen-bond acceptors (Lipinski definition) is 3. The quantitative estimate of drug-likeness (QED) is 0.338. The van der Waals surface area contributed by atoms with E-state index in [9.17, 15) is 4.39 Å². The molecule has 2 rings (SSSR count). The van der Waals surface area contributed by atoms with E-state index in [0.717, 1.165) is 23.4 Å². The van der Waals surface area contributed by atoms with E-state index in [2.05, 4.69) is 15.6 Å². The van der Waals surface area contributed by atoms with Gasteiger partial charge in [0, 0.05) is 25.8 Å². The third-order valence-corrected chi connectivity index (χ3v) is 3.79. The third kappa shape index (κ3) is 7.72. The molecule has 0 atom stereocenters. The van der Waals surface area contributed by atoms with Gasteiger partial charge in [0.25, 0.3) is 0 Å². The summed E-state index contributed by atoms with van der Waals surface area (Å²) in [5, 5.41) is 6.51. The SMILES string of the molecule is CCNC(=NCc1ccc(F)c(COC)c1)NCc1ccc(OC)cc1.I. The van der Waals surface area contributed by atoms with Gasteiger partial charge in [-0.25, -0.2) is 9.38 Å². The average Bonchev–Trinajstić information content (AvgIpc) is 2.67. The molecule has 0 radical (unpaired) electrons. The number of nitrogens with zero attached hydrogens (tertiary/aromatic N) is 1. The second-order valence-electron chi connectivity index (χ2n) is 5.76. The van der Waals surface area contributed by atoms with Crippen LogP contribution in [0.1, 0.15) is 23.6 Å². The molecule has 0 unspecified atom stereocenters. The van der Waals surface area contributed by atoms with Crippen molar-refractivity contribution >= 4 is 29.9 Å². The van der Waals surface area contributed by atoms with Crippen LogP contribution in [0.15, 0.2) is 47.5 Å². The first kappa shape index (κ1) is 23.2. The third-order valence-electron chi connectivity index (χ3n) is 3.79. The number of methoxy groups -OCH3 is 2. The predicted molar refractivity (Wildman–Crippen MR) is 117 cm³/mol. The minimum atomic E-state index is -0.260. The zero-order valence-electron chi connectivity index (χ0n) is 15.9. The van der Waals surface area contributed by atoms with E-state index in [0.29, 0.717) is 24.6 Å². The van der Waals surface area contributed by atoms with Crippen molar-refractivity contribution in [2.45, 2.75) is 26.6 Å². The molecule has 0 aliphatic heterocycles. The van der Waals surface area contributed by atoms with Crippen LogP contribution >= 0.6 is 24.0 Å². The molecule has 148 valence electrons. The van der Waals surface area contributed by atoms with Gasteiger partial charge in [-0.05, 0) is 42.3 Å². The lowest BCUT2D eigenvalue weighted by molar-refractivity contribution is 0.181. The summed E-state index contributed by atoms with van der Waals surface area (Å²) < 4.78 is 23.9. The lowest BCUT2D eigenvalue weighted by Crippen LogP contribution is -2.36. The van der Waals surface area contributed by atoms with Gasteiger partial charge >= 0.3 is 0 Å². The van der Waals surface area contributed by atoms with Crippen molar-refractivity contribution in [2.75, 3.05) is 20.8 Å². The van der Waals surface area contributed by atoms with Crippen LogP contribution in [0, 0.1) is 5.82 Å². The fourth-order valence-corrected chi connectivity index (χ4v) is 2.43. The van der Waals surface area contributed by atoms with Crippen LogP contribution in [-0.2, 0) is 24.4 Å². The van der Waals surface area contributed by atoms with Crippen molar-refractivity contribution in [1.82, 2.24) is 10.6 Å². The van der Waals surface area contributed by atoms with Crippen molar-refractivity contribution < 1.29 is 13.9 Å². The number of hydrogen-bond donors (Lipinski definition) is 2. The van der Waals surface area contributed by atoms with Gasteiger partial charge in [-0.1, -0.05) is 18.2 Å². The largest absolute Gasteiger partial charge is 0.497 e. The number of rotatable bonds is 8. The van der Waals surface area contributed by atoms with Gasteiger partial charge < -0.3 is 20.1 Å². The summed E-state index contributed by atoms with van der Waals surface area (Å²) in [6, 6.07) is 12.9. The van der Waals surface area contributed by atoms with Crippen LogP contribution in [-0.4, -0.2) is 26.7 Å². The molecule has 2 aromatic rings. The Balaban J connectivity index is 0.00000364. The number of guanidine groups is 1. The van der Waals surface area contributed by atoms with Crippen LogP contribution in [0.25, 0.3) is 0 Å². The summed E-state index contributed by atoms with van der Waals surface area (Å²) >= 11 is 0. The molecule has 0 aliphatic rings. The average molecular weight is 487 g/mol. The Morgan fingerprint density at radius 1 is 1.04 bits per heavy atom. The van der Waals surface area contributed by atoms with E-state index in [-0.39, 0.29) is 36.4 Å². The number of aliphatic imine (C=N–C) groups is 1. The highest BCUT2D eigenvalue weighted by atomic mass is 127. The normalized spacial score (nSPS) is 10.9. The van der Waals surface area contributed by atoms with E-state index in [1.807, 2.05) is 31.2 Å². The second kappa shape index (κ2) is 12.5. The van der Waals surface area contributed by atoms with Crippen LogP contribution in [0.4, 0.5) is 4.39 Å². The van der Waals surface area contributed by atoms with Crippen molar-refractivity contribution in [3.8, 4) is 5.75 Å². The molecule has 0 amide bonds. The molecule has 0 spiro atoms. The Labute approximate surface area is 177 Å². The molecule has 0 fully saturated rings. The monoisotopic (exact) mass is 487 g/mol. The van der Waals surface area contributed by atoms with E-state index in [4.69, 9.17) is 9.47 Å². The number of ether oxygens (including phenoxy) is 2. The van der Waals surface area contributed by atoms with E-state index in [1.165, 1.54) is 6.07 Å². The highest BCUT2D eigenvalue weighted by Crippen LogP contribution is 2.13. The summed E-state index contributed by atoms with van der Waals surface area (Å²) in [7, 11) is 3.20. The van der Waals surface area contributed by atoms with Crippen molar-refractivity contribution in [3.05, 3.63) is 65.0 Å². The minimum Gasteiger partial charge on any atom is -0.497 e. The highest BCUT2D eigenvalue weighted by Gasteiger charge is 2.04. The lowest BCUT2D eigenvalue weighted by Gasteiger charge is -2.12. The summed E-state index contributed by atoms with van der Waals surface area (Å²) in [5.41, 5.74) is 2.59. The van der Waals surface area contributed by atoms with Crippen molar-refractivity contribution in [3.63, 3.8) is 0 Å². The first-order chi connectivity index (χ1) is 12.7. The molecule has 0 saturated heterocycles. The van der Waals surface area contributed by atoms with Crippen LogP contribution in [0.3, 0.4) is 0 Å². The summed E-state index contributed by atoms with van der Waals surface area (Å²) in [6.45, 7) is 4.12. The molecule has 0 aromatic heterocycles. The fourth-order valence-electron chi connectivity index (χ4n) is 2.43. The van der Waals surface area contributed by atoms with Gasteiger partial charge in [0.1, 0.15) is 11.6 Å². The lowest BCUT2D eigenvalue weighted by atomic mass is 10.1. The minimum absolute atomic E-state index is 0. The van der Waals surface area contributed by atoms with Crippen LogP contribution < -0.4 is 15.4 Å². The molecule has 27 heavy (non-hydrogen) atoms. The van der Waals surface area contributed by atoms with Crippen molar-refractivity contribution in [1.29, 1.82) is 0 Å². The Bertz CT molecular complexity index is 724. The number of nitrogens with one attached hydrogen (secondary N) is 2. The van der Waals surface area contributed by atoms with E-state index < -0.39 is 0 Å². The Hall–Kier alpha value is -1.87. The number of benzene rings is 2. The smallest absolute Gasteiger partial charge is 0.191 e. The van der Waals surface area contributed by atoms with Gasteiger partial charge in [0.15, 0.2) is 5.96 Å². The Morgan fingerprint density at radius 2 is 1.74 bits per heavy atom. The molecule has 0 bridgehead atoms. The maximum Gasteiger partial charge on any atom is 0.191 e. The fraction of sp³-hybridized carbons (Fsp3) is 0.350. The van der Waals surface area contributed by atoms with Gasteiger partial charge in [0.05, 0.1) is 20.3 Å². The summed E-state index contributed by atoms with van der Waals surface area (Å²) in [4.78, 5) is 4.57. The first-order valence-electron chi connectivity index (χ1n) is 8.57. The first-order valence-corrected chi connectivity index (χ1v) is 8.57. The second-order valence-corrected chi connectivity index (χ2v) is 5.76. The maximum absolute atomic E-state index is 13.7. The van der Waals surface area contributed by atoms with Gasteiger partial charge in [0.2, 0.25) is 0 Å². The summed E-state index contributed by atoms with van der Waals surface area (Å²) in [5.74, 6) is 1.28.